The Morgan fingerprint density at radius 2 is 1.86 bits per heavy atom. The maximum atomic E-state index is 12.0. The van der Waals surface area contributed by atoms with Crippen LogP contribution in [0.25, 0.3) is 0 Å². The Morgan fingerprint density at radius 1 is 1.23 bits per heavy atom. The molecular formula is C15H23NO6. The van der Waals surface area contributed by atoms with E-state index < -0.39 is 29.4 Å². The van der Waals surface area contributed by atoms with Crippen LogP contribution in [0.2, 0.25) is 0 Å². The van der Waals surface area contributed by atoms with Gasteiger partial charge < -0.3 is 19.5 Å². The Balaban J connectivity index is 4.60. The standard InChI is InChI=1S/C15H23NO6/c1-6-7-21-10-11(8-12(17)22-15(2,3)4)14(19)16-9-13(18)20-5/h1,11H,7-10H2,2-5H3,(H,16,19)/t11-/m0/s1. The molecule has 124 valence electrons. The van der Waals surface area contributed by atoms with Crippen LogP contribution in [0.3, 0.4) is 0 Å². The van der Waals surface area contributed by atoms with Crippen molar-refractivity contribution in [2.75, 3.05) is 26.9 Å². The van der Waals surface area contributed by atoms with E-state index in [1.54, 1.807) is 20.8 Å². The lowest BCUT2D eigenvalue weighted by Crippen LogP contribution is -2.39. The van der Waals surface area contributed by atoms with E-state index in [1.807, 2.05) is 0 Å². The van der Waals surface area contributed by atoms with Gasteiger partial charge in [-0.05, 0) is 20.8 Å². The molecule has 0 saturated heterocycles. The van der Waals surface area contributed by atoms with Crippen LogP contribution in [0, 0.1) is 18.3 Å². The van der Waals surface area contributed by atoms with E-state index in [-0.39, 0.29) is 26.2 Å². The Morgan fingerprint density at radius 3 is 2.36 bits per heavy atom. The van der Waals surface area contributed by atoms with Gasteiger partial charge in [0.2, 0.25) is 5.91 Å². The number of carbonyl (C=O) groups excluding carboxylic acids is 3. The fourth-order valence-corrected chi connectivity index (χ4v) is 1.45. The zero-order chi connectivity index (χ0) is 17.2. The van der Waals surface area contributed by atoms with Crippen molar-refractivity contribution < 1.29 is 28.6 Å². The highest BCUT2D eigenvalue weighted by atomic mass is 16.6. The summed E-state index contributed by atoms with van der Waals surface area (Å²) in [6.07, 6.45) is 4.89. The monoisotopic (exact) mass is 313 g/mol. The number of terminal acetylenes is 1. The predicted molar refractivity (Wildman–Crippen MR) is 78.6 cm³/mol. The topological polar surface area (TPSA) is 90.9 Å². The van der Waals surface area contributed by atoms with Crippen molar-refractivity contribution in [1.29, 1.82) is 0 Å². The maximum Gasteiger partial charge on any atom is 0.325 e. The molecule has 0 fully saturated rings. The van der Waals surface area contributed by atoms with Gasteiger partial charge in [0.25, 0.3) is 0 Å². The molecule has 0 aliphatic carbocycles. The van der Waals surface area contributed by atoms with E-state index in [4.69, 9.17) is 15.9 Å². The van der Waals surface area contributed by atoms with E-state index in [0.717, 1.165) is 0 Å². The summed E-state index contributed by atoms with van der Waals surface area (Å²) in [5.41, 5.74) is -0.649. The van der Waals surface area contributed by atoms with Crippen molar-refractivity contribution in [2.45, 2.75) is 32.8 Å². The maximum absolute atomic E-state index is 12.0. The Kier molecular flexibility index (Phi) is 8.87. The number of nitrogens with one attached hydrogen (secondary N) is 1. The molecule has 0 unspecified atom stereocenters. The minimum absolute atomic E-state index is 0.0229. The van der Waals surface area contributed by atoms with Crippen molar-refractivity contribution in [2.24, 2.45) is 5.92 Å². The number of rotatable bonds is 8. The zero-order valence-electron chi connectivity index (χ0n) is 13.4. The molecular weight excluding hydrogens is 290 g/mol. The Bertz CT molecular complexity index is 432. The fraction of sp³-hybridized carbons (Fsp3) is 0.667. The summed E-state index contributed by atoms with van der Waals surface area (Å²) in [6.45, 7) is 4.88. The molecule has 0 aromatic heterocycles. The van der Waals surface area contributed by atoms with E-state index in [9.17, 15) is 14.4 Å². The SMILES string of the molecule is C#CCOC[C@H](CC(=O)OC(C)(C)C)C(=O)NCC(=O)OC. The number of hydrogen-bond acceptors (Lipinski definition) is 6. The molecule has 0 spiro atoms. The average Bonchev–Trinajstić information content (AvgIpc) is 2.41. The highest BCUT2D eigenvalue weighted by Gasteiger charge is 2.26. The van der Waals surface area contributed by atoms with Crippen LogP contribution in [0.5, 0.6) is 0 Å². The van der Waals surface area contributed by atoms with Gasteiger partial charge in [-0.2, -0.15) is 0 Å². The highest BCUT2D eigenvalue weighted by molar-refractivity contribution is 5.86. The smallest absolute Gasteiger partial charge is 0.325 e. The largest absolute Gasteiger partial charge is 0.468 e. The summed E-state index contributed by atoms with van der Waals surface area (Å²) in [5, 5.41) is 2.38. The lowest BCUT2D eigenvalue weighted by Gasteiger charge is -2.21. The third-order valence-corrected chi connectivity index (χ3v) is 2.34. The van der Waals surface area contributed by atoms with Gasteiger partial charge in [0.1, 0.15) is 18.8 Å². The quantitative estimate of drug-likeness (QED) is 0.393. The van der Waals surface area contributed by atoms with Crippen LogP contribution in [0.1, 0.15) is 27.2 Å². The number of esters is 2. The van der Waals surface area contributed by atoms with Gasteiger partial charge in [-0.3, -0.25) is 14.4 Å². The number of ether oxygens (including phenoxy) is 3. The van der Waals surface area contributed by atoms with Crippen LogP contribution >= 0.6 is 0 Å². The number of methoxy groups -OCH3 is 1. The molecule has 1 atom stereocenters. The molecule has 0 aromatic carbocycles. The van der Waals surface area contributed by atoms with Gasteiger partial charge in [-0.25, -0.2) is 0 Å². The summed E-state index contributed by atoms with van der Waals surface area (Å²) in [5.74, 6) is -0.157. The van der Waals surface area contributed by atoms with E-state index in [1.165, 1.54) is 7.11 Å². The molecule has 7 heteroatoms. The van der Waals surface area contributed by atoms with Crippen molar-refractivity contribution >= 4 is 17.8 Å². The van der Waals surface area contributed by atoms with Gasteiger partial charge in [0.05, 0.1) is 26.1 Å². The van der Waals surface area contributed by atoms with Crippen molar-refractivity contribution in [3.8, 4) is 12.3 Å². The highest BCUT2D eigenvalue weighted by Crippen LogP contribution is 2.12. The molecule has 7 nitrogen and oxygen atoms in total. The molecule has 0 bridgehead atoms. The molecule has 22 heavy (non-hydrogen) atoms. The van der Waals surface area contributed by atoms with Gasteiger partial charge >= 0.3 is 11.9 Å². The van der Waals surface area contributed by atoms with Gasteiger partial charge in [0.15, 0.2) is 0 Å². The first-order valence-corrected chi connectivity index (χ1v) is 6.77. The normalized spacial score (nSPS) is 12.0. The minimum atomic E-state index is -0.798. The summed E-state index contributed by atoms with van der Waals surface area (Å²) in [7, 11) is 1.21. The lowest BCUT2D eigenvalue weighted by atomic mass is 10.1. The van der Waals surface area contributed by atoms with Crippen molar-refractivity contribution in [3.63, 3.8) is 0 Å². The van der Waals surface area contributed by atoms with Gasteiger partial charge in [-0.15, -0.1) is 6.42 Å². The first-order chi connectivity index (χ1) is 10.2. The molecule has 0 aliphatic rings. The molecule has 0 aromatic rings. The molecule has 1 N–H and O–H groups in total. The second-order valence-corrected chi connectivity index (χ2v) is 5.50. The average molecular weight is 313 g/mol. The fourth-order valence-electron chi connectivity index (χ4n) is 1.45. The van der Waals surface area contributed by atoms with Gasteiger partial charge in [-0.1, -0.05) is 5.92 Å². The van der Waals surface area contributed by atoms with Crippen molar-refractivity contribution in [3.05, 3.63) is 0 Å². The van der Waals surface area contributed by atoms with Crippen LogP contribution in [0.15, 0.2) is 0 Å². The summed E-state index contributed by atoms with van der Waals surface area (Å²) in [6, 6.07) is 0. The second kappa shape index (κ2) is 9.79. The summed E-state index contributed by atoms with van der Waals surface area (Å²) < 4.78 is 14.7. The van der Waals surface area contributed by atoms with Crippen LogP contribution < -0.4 is 5.32 Å². The molecule has 0 rings (SSSR count). The molecule has 0 heterocycles. The first kappa shape index (κ1) is 19.9. The molecule has 0 aliphatic heterocycles. The Labute approximate surface area is 130 Å². The zero-order valence-corrected chi connectivity index (χ0v) is 13.4. The van der Waals surface area contributed by atoms with Crippen LogP contribution in [-0.4, -0.2) is 50.3 Å². The molecule has 0 saturated carbocycles. The number of carbonyl (C=O) groups is 3. The lowest BCUT2D eigenvalue weighted by molar-refractivity contribution is -0.158. The minimum Gasteiger partial charge on any atom is -0.468 e. The summed E-state index contributed by atoms with van der Waals surface area (Å²) in [4.78, 5) is 34.8. The van der Waals surface area contributed by atoms with E-state index in [2.05, 4.69) is 16.0 Å². The molecule has 0 radical (unpaired) electrons. The van der Waals surface area contributed by atoms with E-state index >= 15 is 0 Å². The van der Waals surface area contributed by atoms with Crippen LogP contribution in [-0.2, 0) is 28.6 Å². The summed E-state index contributed by atoms with van der Waals surface area (Å²) >= 11 is 0. The second-order valence-electron chi connectivity index (χ2n) is 5.50. The van der Waals surface area contributed by atoms with E-state index in [0.29, 0.717) is 0 Å². The Hall–Kier alpha value is -2.07. The third-order valence-electron chi connectivity index (χ3n) is 2.34. The number of hydrogen-bond donors (Lipinski definition) is 1. The molecule has 1 amide bonds. The first-order valence-electron chi connectivity index (χ1n) is 6.77. The number of amides is 1. The van der Waals surface area contributed by atoms with Crippen molar-refractivity contribution in [1.82, 2.24) is 5.32 Å². The predicted octanol–water partition coefficient (Wildman–Crippen LogP) is 0.273. The third kappa shape index (κ3) is 9.77. The van der Waals surface area contributed by atoms with Crippen LogP contribution in [0.4, 0.5) is 0 Å². The van der Waals surface area contributed by atoms with Gasteiger partial charge in [0, 0.05) is 0 Å².